The fourth-order valence-corrected chi connectivity index (χ4v) is 2.41. The molecular formula is C21H39NO8. The molecule has 0 aromatic rings. The van der Waals surface area contributed by atoms with Crippen LogP contribution in [0.5, 0.6) is 0 Å². The predicted molar refractivity (Wildman–Crippen MR) is 111 cm³/mol. The van der Waals surface area contributed by atoms with Gasteiger partial charge in [-0.25, -0.2) is 0 Å². The van der Waals surface area contributed by atoms with Crippen LogP contribution in [0.2, 0.25) is 0 Å². The molecule has 176 valence electrons. The first-order valence-electron chi connectivity index (χ1n) is 10.9. The zero-order chi connectivity index (χ0) is 22.3. The zero-order valence-electron chi connectivity index (χ0n) is 18.3. The predicted octanol–water partition coefficient (Wildman–Crippen LogP) is 2.31. The summed E-state index contributed by atoms with van der Waals surface area (Å²) < 4.78 is 21.2. The second-order valence-electron chi connectivity index (χ2n) is 6.82. The second kappa shape index (κ2) is 22.0. The topological polar surface area (TPSA) is 120 Å². The number of ether oxygens (including phenoxy) is 4. The summed E-state index contributed by atoms with van der Waals surface area (Å²) in [6.45, 7) is 5.49. The summed E-state index contributed by atoms with van der Waals surface area (Å²) >= 11 is 0. The normalized spacial score (nSPS) is 10.7. The molecule has 0 radical (unpaired) electrons. The number of carbonyl (C=O) groups is 3. The van der Waals surface area contributed by atoms with Crippen molar-refractivity contribution in [1.29, 1.82) is 0 Å². The first-order valence-corrected chi connectivity index (χ1v) is 10.9. The highest BCUT2D eigenvalue weighted by molar-refractivity contribution is 5.80. The molecule has 0 spiro atoms. The van der Waals surface area contributed by atoms with Crippen molar-refractivity contribution in [2.45, 2.75) is 64.7 Å². The van der Waals surface area contributed by atoms with Crippen LogP contribution in [0, 0.1) is 0 Å². The lowest BCUT2D eigenvalue weighted by Crippen LogP contribution is -2.25. The Morgan fingerprint density at radius 1 is 0.700 bits per heavy atom. The van der Waals surface area contributed by atoms with Crippen molar-refractivity contribution in [1.82, 2.24) is 5.32 Å². The highest BCUT2D eigenvalue weighted by Gasteiger charge is 2.04. The van der Waals surface area contributed by atoms with Gasteiger partial charge in [0, 0.05) is 26.0 Å². The third-order valence-electron chi connectivity index (χ3n) is 4.07. The molecule has 9 nitrogen and oxygen atoms in total. The quantitative estimate of drug-likeness (QED) is 0.197. The third kappa shape index (κ3) is 22.6. The molecule has 9 heteroatoms. The number of nitrogens with one attached hydrogen (secondary N) is 1. The first kappa shape index (κ1) is 28.3. The fourth-order valence-electron chi connectivity index (χ4n) is 2.41. The number of carboxylic acid groups (broad SMARTS) is 1. The largest absolute Gasteiger partial charge is 0.481 e. The van der Waals surface area contributed by atoms with E-state index in [1.165, 1.54) is 19.3 Å². The Kier molecular flexibility index (Phi) is 20.7. The van der Waals surface area contributed by atoms with Crippen LogP contribution in [0.4, 0.5) is 0 Å². The summed E-state index contributed by atoms with van der Waals surface area (Å²) in [5, 5.41) is 11.1. The summed E-state index contributed by atoms with van der Waals surface area (Å²) in [5.41, 5.74) is 0. The molecule has 0 bridgehead atoms. The van der Waals surface area contributed by atoms with E-state index >= 15 is 0 Å². The SMILES string of the molecule is CCCCCCCC(=O)OCCOCCOCCOCCCNC(=O)CCC(=O)O. The Morgan fingerprint density at radius 2 is 1.30 bits per heavy atom. The number of amides is 1. The maximum Gasteiger partial charge on any atom is 0.305 e. The molecule has 30 heavy (non-hydrogen) atoms. The Labute approximate surface area is 179 Å². The van der Waals surface area contributed by atoms with E-state index in [1.807, 2.05) is 0 Å². The smallest absolute Gasteiger partial charge is 0.305 e. The monoisotopic (exact) mass is 433 g/mol. The van der Waals surface area contributed by atoms with Crippen LogP contribution in [-0.4, -0.2) is 75.7 Å². The van der Waals surface area contributed by atoms with E-state index in [0.717, 1.165) is 12.8 Å². The van der Waals surface area contributed by atoms with Gasteiger partial charge >= 0.3 is 11.9 Å². The number of unbranched alkanes of at least 4 members (excludes halogenated alkanes) is 4. The van der Waals surface area contributed by atoms with Gasteiger partial charge in [0.15, 0.2) is 0 Å². The van der Waals surface area contributed by atoms with Gasteiger partial charge < -0.3 is 29.4 Å². The molecule has 0 rings (SSSR count). The zero-order valence-corrected chi connectivity index (χ0v) is 18.3. The van der Waals surface area contributed by atoms with Crippen molar-refractivity contribution in [3.63, 3.8) is 0 Å². The average Bonchev–Trinajstić information content (AvgIpc) is 2.72. The van der Waals surface area contributed by atoms with Crippen LogP contribution >= 0.6 is 0 Å². The fraction of sp³-hybridized carbons (Fsp3) is 0.857. The second-order valence-corrected chi connectivity index (χ2v) is 6.82. The Balaban J connectivity index is 3.20. The van der Waals surface area contributed by atoms with Crippen LogP contribution in [-0.2, 0) is 33.3 Å². The van der Waals surface area contributed by atoms with Crippen molar-refractivity contribution < 1.29 is 38.4 Å². The molecule has 0 aliphatic heterocycles. The molecule has 1 amide bonds. The number of hydrogen-bond acceptors (Lipinski definition) is 7. The van der Waals surface area contributed by atoms with E-state index in [0.29, 0.717) is 59.0 Å². The van der Waals surface area contributed by atoms with Crippen LogP contribution in [0.3, 0.4) is 0 Å². The van der Waals surface area contributed by atoms with Gasteiger partial charge in [0.1, 0.15) is 6.61 Å². The molecule has 0 aromatic heterocycles. The third-order valence-corrected chi connectivity index (χ3v) is 4.07. The van der Waals surface area contributed by atoms with Crippen LogP contribution in [0.15, 0.2) is 0 Å². The maximum absolute atomic E-state index is 11.5. The first-order chi connectivity index (χ1) is 14.6. The molecule has 2 N–H and O–H groups in total. The number of aliphatic carboxylic acids is 1. The molecule has 0 aliphatic rings. The number of esters is 1. The van der Waals surface area contributed by atoms with Crippen molar-refractivity contribution in [3.8, 4) is 0 Å². The van der Waals surface area contributed by atoms with Gasteiger partial charge in [-0.1, -0.05) is 32.6 Å². The van der Waals surface area contributed by atoms with Gasteiger partial charge in [0.25, 0.3) is 0 Å². The summed E-state index contributed by atoms with van der Waals surface area (Å²) in [6.07, 6.45) is 6.51. The van der Waals surface area contributed by atoms with Gasteiger partial charge in [-0.15, -0.1) is 0 Å². The Bertz CT molecular complexity index is 445. The molecule has 0 saturated heterocycles. The lowest BCUT2D eigenvalue weighted by molar-refractivity contribution is -0.145. The molecule has 0 aromatic carbocycles. The van der Waals surface area contributed by atoms with Crippen molar-refractivity contribution >= 4 is 17.8 Å². The molecule has 0 atom stereocenters. The lowest BCUT2D eigenvalue weighted by atomic mass is 10.1. The summed E-state index contributed by atoms with van der Waals surface area (Å²) in [4.78, 5) is 33.1. The molecule has 0 heterocycles. The van der Waals surface area contributed by atoms with Crippen molar-refractivity contribution in [2.75, 3.05) is 52.8 Å². The minimum atomic E-state index is -0.981. The van der Waals surface area contributed by atoms with Crippen molar-refractivity contribution in [2.24, 2.45) is 0 Å². The highest BCUT2D eigenvalue weighted by Crippen LogP contribution is 2.05. The Morgan fingerprint density at radius 3 is 1.93 bits per heavy atom. The van der Waals surface area contributed by atoms with Gasteiger partial charge in [0.05, 0.1) is 39.5 Å². The molecule has 0 unspecified atom stereocenters. The van der Waals surface area contributed by atoms with Gasteiger partial charge in [0.2, 0.25) is 5.91 Å². The van der Waals surface area contributed by atoms with Gasteiger partial charge in [-0.3, -0.25) is 14.4 Å². The van der Waals surface area contributed by atoms with Crippen LogP contribution in [0.25, 0.3) is 0 Å². The van der Waals surface area contributed by atoms with Gasteiger partial charge in [-0.05, 0) is 12.8 Å². The number of carbonyl (C=O) groups excluding carboxylic acids is 2. The summed E-state index contributed by atoms with van der Waals surface area (Å²) in [7, 11) is 0. The minimum absolute atomic E-state index is 0.00629. The lowest BCUT2D eigenvalue weighted by Gasteiger charge is -2.08. The molecule has 0 aliphatic carbocycles. The van der Waals surface area contributed by atoms with E-state index in [-0.39, 0.29) is 31.3 Å². The highest BCUT2D eigenvalue weighted by atomic mass is 16.6. The maximum atomic E-state index is 11.5. The van der Waals surface area contributed by atoms with E-state index < -0.39 is 5.97 Å². The number of carboxylic acids is 1. The van der Waals surface area contributed by atoms with Crippen LogP contribution < -0.4 is 5.32 Å². The van der Waals surface area contributed by atoms with Crippen LogP contribution in [0.1, 0.15) is 64.7 Å². The number of rotatable bonds is 22. The molecule has 0 saturated carbocycles. The van der Waals surface area contributed by atoms with Crippen molar-refractivity contribution in [3.05, 3.63) is 0 Å². The molecular weight excluding hydrogens is 394 g/mol. The van der Waals surface area contributed by atoms with E-state index in [2.05, 4.69) is 12.2 Å². The minimum Gasteiger partial charge on any atom is -0.481 e. The van der Waals surface area contributed by atoms with E-state index in [4.69, 9.17) is 24.1 Å². The van der Waals surface area contributed by atoms with E-state index in [9.17, 15) is 14.4 Å². The number of hydrogen-bond donors (Lipinski definition) is 2. The Hall–Kier alpha value is -1.71. The van der Waals surface area contributed by atoms with E-state index in [1.54, 1.807) is 0 Å². The summed E-state index contributed by atoms with van der Waals surface area (Å²) in [6, 6.07) is 0. The standard InChI is InChI=1S/C21H39NO8/c1-2-3-4-5-6-8-21(26)30-18-17-29-16-15-28-14-13-27-12-7-11-22-19(23)9-10-20(24)25/h2-18H2,1H3,(H,22,23)(H,24,25). The molecule has 0 fully saturated rings. The average molecular weight is 434 g/mol. The summed E-state index contributed by atoms with van der Waals surface area (Å²) in [5.74, 6) is -1.41. The van der Waals surface area contributed by atoms with Gasteiger partial charge in [-0.2, -0.15) is 0 Å².